The van der Waals surface area contributed by atoms with Gasteiger partial charge in [0.2, 0.25) is 0 Å². The van der Waals surface area contributed by atoms with Gasteiger partial charge in [-0.05, 0) is 30.7 Å². The van der Waals surface area contributed by atoms with Crippen molar-refractivity contribution in [3.8, 4) is 11.3 Å². The molecule has 0 spiro atoms. The Morgan fingerprint density at radius 2 is 1.80 bits per heavy atom. The normalized spacial score (nSPS) is 10.7. The first-order valence-electron chi connectivity index (χ1n) is 6.84. The lowest BCUT2D eigenvalue weighted by Crippen LogP contribution is -2.03. The van der Waals surface area contributed by atoms with Crippen LogP contribution in [0.1, 0.15) is 12.5 Å². The van der Waals surface area contributed by atoms with Gasteiger partial charge < -0.3 is 5.32 Å². The maximum atomic E-state index is 4.45. The van der Waals surface area contributed by atoms with Crippen LogP contribution in [0.3, 0.4) is 0 Å². The van der Waals surface area contributed by atoms with E-state index in [4.69, 9.17) is 0 Å². The average Bonchev–Trinajstić information content (AvgIpc) is 2.49. The van der Waals surface area contributed by atoms with Gasteiger partial charge in [-0.1, -0.05) is 36.4 Å². The third kappa shape index (κ3) is 2.23. The zero-order chi connectivity index (χ0) is 13.9. The highest BCUT2D eigenvalue weighted by Gasteiger charge is 2.08. The van der Waals surface area contributed by atoms with Gasteiger partial charge in [-0.15, -0.1) is 0 Å². The molecular weight excluding hydrogens is 246 g/mol. The minimum absolute atomic E-state index is 0.856. The van der Waals surface area contributed by atoms with Crippen molar-refractivity contribution in [1.82, 2.24) is 9.97 Å². The second-order valence-electron chi connectivity index (χ2n) is 4.79. The van der Waals surface area contributed by atoms with Crippen LogP contribution in [0.4, 0.5) is 5.82 Å². The third-order valence-electron chi connectivity index (χ3n) is 3.45. The largest absolute Gasteiger partial charge is 0.370 e. The summed E-state index contributed by atoms with van der Waals surface area (Å²) >= 11 is 0. The van der Waals surface area contributed by atoms with Gasteiger partial charge in [-0.3, -0.25) is 0 Å². The van der Waals surface area contributed by atoms with Crippen LogP contribution in [0.2, 0.25) is 0 Å². The zero-order valence-corrected chi connectivity index (χ0v) is 11.7. The molecule has 0 aliphatic rings. The molecule has 0 saturated heterocycles. The number of nitrogens with zero attached hydrogens (tertiary/aromatic N) is 2. The number of nitrogens with one attached hydrogen (secondary N) is 1. The molecule has 1 aromatic heterocycles. The van der Waals surface area contributed by atoms with E-state index in [0.717, 1.165) is 29.2 Å². The van der Waals surface area contributed by atoms with E-state index in [2.05, 4.69) is 71.6 Å². The topological polar surface area (TPSA) is 37.8 Å². The van der Waals surface area contributed by atoms with Gasteiger partial charge in [-0.2, -0.15) is 0 Å². The Morgan fingerprint density at radius 1 is 1.00 bits per heavy atom. The maximum absolute atomic E-state index is 4.45. The predicted molar refractivity (Wildman–Crippen MR) is 83.9 cm³/mol. The van der Waals surface area contributed by atoms with Crippen molar-refractivity contribution in [1.29, 1.82) is 0 Å². The number of fused-ring (bicyclic) bond motifs is 1. The van der Waals surface area contributed by atoms with Gasteiger partial charge in [-0.25, -0.2) is 9.97 Å². The molecule has 2 aromatic carbocycles. The van der Waals surface area contributed by atoms with Crippen molar-refractivity contribution in [3.05, 3.63) is 54.4 Å². The fourth-order valence-electron chi connectivity index (χ4n) is 2.42. The Balaban J connectivity index is 2.13. The Kier molecular flexibility index (Phi) is 3.33. The van der Waals surface area contributed by atoms with E-state index in [1.54, 1.807) is 6.33 Å². The molecule has 1 N–H and O–H groups in total. The van der Waals surface area contributed by atoms with Crippen molar-refractivity contribution in [2.75, 3.05) is 11.9 Å². The summed E-state index contributed by atoms with van der Waals surface area (Å²) in [5.74, 6) is 0.908. The van der Waals surface area contributed by atoms with Crippen LogP contribution in [0.5, 0.6) is 0 Å². The number of benzene rings is 2. The molecule has 20 heavy (non-hydrogen) atoms. The Hall–Kier alpha value is -2.42. The maximum Gasteiger partial charge on any atom is 0.132 e. The van der Waals surface area contributed by atoms with E-state index in [-0.39, 0.29) is 0 Å². The van der Waals surface area contributed by atoms with Gasteiger partial charge in [0, 0.05) is 17.7 Å². The molecule has 3 heteroatoms. The lowest BCUT2D eigenvalue weighted by Gasteiger charge is -2.10. The number of hydrogen-bond acceptors (Lipinski definition) is 3. The molecule has 0 unspecified atom stereocenters. The molecule has 100 valence electrons. The number of aromatic nitrogens is 2. The molecule has 0 fully saturated rings. The minimum Gasteiger partial charge on any atom is -0.370 e. The van der Waals surface area contributed by atoms with E-state index in [0.29, 0.717) is 0 Å². The van der Waals surface area contributed by atoms with E-state index >= 15 is 0 Å². The van der Waals surface area contributed by atoms with Crippen LogP contribution in [-0.2, 0) is 0 Å². The first-order chi connectivity index (χ1) is 9.79. The monoisotopic (exact) mass is 263 g/mol. The smallest absolute Gasteiger partial charge is 0.132 e. The van der Waals surface area contributed by atoms with Crippen LogP contribution in [-0.4, -0.2) is 16.5 Å². The number of anilines is 1. The third-order valence-corrected chi connectivity index (χ3v) is 3.45. The molecule has 0 bridgehead atoms. The molecule has 3 rings (SSSR count). The quantitative estimate of drug-likeness (QED) is 0.775. The summed E-state index contributed by atoms with van der Waals surface area (Å²) in [5, 5.41) is 5.75. The summed E-state index contributed by atoms with van der Waals surface area (Å²) < 4.78 is 0. The lowest BCUT2D eigenvalue weighted by atomic mass is 10.0. The lowest BCUT2D eigenvalue weighted by molar-refractivity contribution is 1.09. The Bertz CT molecular complexity index is 750. The Morgan fingerprint density at radius 3 is 2.60 bits per heavy atom. The van der Waals surface area contributed by atoms with Crippen LogP contribution in [0.25, 0.3) is 22.0 Å². The second kappa shape index (κ2) is 5.29. The summed E-state index contributed by atoms with van der Waals surface area (Å²) in [6.45, 7) is 4.98. The average molecular weight is 263 g/mol. The van der Waals surface area contributed by atoms with E-state index in [1.807, 2.05) is 0 Å². The molecule has 0 aliphatic heterocycles. The minimum atomic E-state index is 0.856. The SMILES string of the molecule is CCNc1ncnc(-c2ccc3ccccc3c2)c1C. The molecule has 0 saturated carbocycles. The number of rotatable bonds is 3. The molecule has 1 heterocycles. The van der Waals surface area contributed by atoms with Gasteiger partial charge >= 0.3 is 0 Å². The first-order valence-corrected chi connectivity index (χ1v) is 6.84. The Labute approximate surface area is 118 Å². The van der Waals surface area contributed by atoms with Crippen LogP contribution < -0.4 is 5.32 Å². The van der Waals surface area contributed by atoms with E-state index in [9.17, 15) is 0 Å². The van der Waals surface area contributed by atoms with Crippen LogP contribution in [0.15, 0.2) is 48.8 Å². The fraction of sp³-hybridized carbons (Fsp3) is 0.176. The van der Waals surface area contributed by atoms with Crippen molar-refractivity contribution in [3.63, 3.8) is 0 Å². The molecule has 3 aromatic rings. The standard InChI is InChI=1S/C17H17N3/c1-3-18-17-12(2)16(19-11-20-17)15-9-8-13-6-4-5-7-14(13)10-15/h4-11H,3H2,1-2H3,(H,18,19,20). The highest BCUT2D eigenvalue weighted by molar-refractivity contribution is 5.87. The molecule has 0 amide bonds. The van der Waals surface area contributed by atoms with E-state index < -0.39 is 0 Å². The summed E-state index contributed by atoms with van der Waals surface area (Å²) in [6, 6.07) is 14.8. The zero-order valence-electron chi connectivity index (χ0n) is 11.7. The highest BCUT2D eigenvalue weighted by Crippen LogP contribution is 2.27. The predicted octanol–water partition coefficient (Wildman–Crippen LogP) is 4.04. The number of hydrogen-bond donors (Lipinski definition) is 1. The van der Waals surface area contributed by atoms with Crippen molar-refractivity contribution in [2.45, 2.75) is 13.8 Å². The van der Waals surface area contributed by atoms with Crippen LogP contribution >= 0.6 is 0 Å². The molecule has 3 nitrogen and oxygen atoms in total. The molecule has 0 atom stereocenters. The second-order valence-corrected chi connectivity index (χ2v) is 4.79. The van der Waals surface area contributed by atoms with Gasteiger partial charge in [0.25, 0.3) is 0 Å². The van der Waals surface area contributed by atoms with Gasteiger partial charge in [0.1, 0.15) is 12.1 Å². The fourth-order valence-corrected chi connectivity index (χ4v) is 2.42. The van der Waals surface area contributed by atoms with Crippen molar-refractivity contribution >= 4 is 16.6 Å². The summed E-state index contributed by atoms with van der Waals surface area (Å²) in [6.07, 6.45) is 1.62. The van der Waals surface area contributed by atoms with Gasteiger partial charge in [0.15, 0.2) is 0 Å². The summed E-state index contributed by atoms with van der Waals surface area (Å²) in [4.78, 5) is 8.74. The summed E-state index contributed by atoms with van der Waals surface area (Å²) in [5.41, 5.74) is 3.20. The van der Waals surface area contributed by atoms with Crippen molar-refractivity contribution in [2.24, 2.45) is 0 Å². The molecular formula is C17H17N3. The van der Waals surface area contributed by atoms with E-state index in [1.165, 1.54) is 10.8 Å². The first kappa shape index (κ1) is 12.6. The highest BCUT2D eigenvalue weighted by atomic mass is 15.0. The van der Waals surface area contributed by atoms with Crippen molar-refractivity contribution < 1.29 is 0 Å². The summed E-state index contributed by atoms with van der Waals surface area (Å²) in [7, 11) is 0. The molecule has 0 radical (unpaired) electrons. The molecule has 0 aliphatic carbocycles. The van der Waals surface area contributed by atoms with Gasteiger partial charge in [0.05, 0.1) is 5.69 Å². The van der Waals surface area contributed by atoms with Crippen LogP contribution in [0, 0.1) is 6.92 Å².